The summed E-state index contributed by atoms with van der Waals surface area (Å²) in [7, 11) is 1.84. The summed E-state index contributed by atoms with van der Waals surface area (Å²) < 4.78 is 51.0. The number of ether oxygens (including phenoxy) is 2. The minimum atomic E-state index is -1.51. The molecule has 0 spiro atoms. The Labute approximate surface area is 195 Å². The molecule has 11 heteroatoms. The molecule has 2 fully saturated rings. The molecule has 34 heavy (non-hydrogen) atoms. The van der Waals surface area contributed by atoms with Gasteiger partial charge in [-0.25, -0.2) is 18.2 Å². The predicted octanol–water partition coefficient (Wildman–Crippen LogP) is 3.18. The molecule has 3 heterocycles. The first kappa shape index (κ1) is 22.7. The van der Waals surface area contributed by atoms with Crippen LogP contribution in [0.2, 0.25) is 0 Å². The van der Waals surface area contributed by atoms with E-state index in [-0.39, 0.29) is 35.9 Å². The van der Waals surface area contributed by atoms with Gasteiger partial charge in [-0.1, -0.05) is 0 Å². The number of nitrogens with one attached hydrogen (secondary N) is 1. The summed E-state index contributed by atoms with van der Waals surface area (Å²) in [6.07, 6.45) is 1.64. The third kappa shape index (κ3) is 3.91. The van der Waals surface area contributed by atoms with E-state index in [2.05, 4.69) is 10.3 Å². The van der Waals surface area contributed by atoms with Crippen LogP contribution in [0, 0.1) is 24.4 Å². The second-order valence-electron chi connectivity index (χ2n) is 9.07. The first-order valence-electron chi connectivity index (χ1n) is 11.3. The molecule has 0 radical (unpaired) electrons. The third-order valence-corrected chi connectivity index (χ3v) is 6.75. The van der Waals surface area contributed by atoms with Crippen molar-refractivity contribution in [3.8, 4) is 5.75 Å². The van der Waals surface area contributed by atoms with Crippen molar-refractivity contribution in [3.63, 3.8) is 0 Å². The lowest BCUT2D eigenvalue weighted by Crippen LogP contribution is -2.55. The van der Waals surface area contributed by atoms with Gasteiger partial charge in [0.1, 0.15) is 23.6 Å². The second kappa shape index (κ2) is 8.61. The highest BCUT2D eigenvalue weighted by atomic mass is 19.2. The normalized spacial score (nSPS) is 26.4. The quantitative estimate of drug-likeness (QED) is 0.663. The van der Waals surface area contributed by atoms with Crippen molar-refractivity contribution in [1.29, 1.82) is 0 Å². The molecule has 1 N–H and O–H groups in total. The molecule has 8 nitrogen and oxygen atoms in total. The molecule has 1 saturated heterocycles. The number of hydrogen-bond acceptors (Lipinski definition) is 7. The van der Waals surface area contributed by atoms with E-state index in [1.54, 1.807) is 4.90 Å². The molecule has 5 rings (SSSR count). The Kier molecular flexibility index (Phi) is 5.75. The van der Waals surface area contributed by atoms with Gasteiger partial charge in [-0.15, -0.1) is 0 Å². The van der Waals surface area contributed by atoms with Crippen molar-refractivity contribution in [2.75, 3.05) is 35.4 Å². The molecule has 3 aliphatic rings. The van der Waals surface area contributed by atoms with E-state index in [1.165, 1.54) is 0 Å². The Bertz CT molecular complexity index is 1100. The zero-order valence-electron chi connectivity index (χ0n) is 19.1. The molecule has 1 aliphatic carbocycles. The number of hydrogen-bond donors (Lipinski definition) is 1. The van der Waals surface area contributed by atoms with Crippen molar-refractivity contribution in [2.45, 2.75) is 57.3 Å². The first-order chi connectivity index (χ1) is 16.2. The summed E-state index contributed by atoms with van der Waals surface area (Å²) in [6, 6.07) is 1.29. The summed E-state index contributed by atoms with van der Waals surface area (Å²) in [6.45, 7) is 4.82. The maximum atomic E-state index is 13.4. The lowest BCUT2D eigenvalue weighted by molar-refractivity contribution is -0.120. The van der Waals surface area contributed by atoms with Crippen molar-refractivity contribution in [1.82, 2.24) is 9.97 Å². The Balaban J connectivity index is 1.29. The molecule has 2 aromatic rings. The Morgan fingerprint density at radius 3 is 2.53 bits per heavy atom. The standard InChI is InChI=1S/C23H26F3N5O3/c1-11-20-21(30(3)12(2)22(32)31(20)14-4-5-33-10-14)29-23(27-11)28-13-6-15(7-13)34-16-8-17(24)19(26)18(25)9-16/h8-9,12-15H,4-7,10H2,1-3H3,(H,27,28,29)/t12-,13-,14?,15-/m0/s1. The van der Waals surface area contributed by atoms with Crippen molar-refractivity contribution < 1.29 is 27.4 Å². The average Bonchev–Trinajstić information content (AvgIpc) is 3.29. The fraction of sp³-hybridized carbons (Fsp3) is 0.522. The van der Waals surface area contributed by atoms with Crippen molar-refractivity contribution >= 4 is 23.4 Å². The predicted molar refractivity (Wildman–Crippen MR) is 119 cm³/mol. The number of nitrogens with zero attached hydrogens (tertiary/aromatic N) is 4. The highest BCUT2D eigenvalue weighted by molar-refractivity contribution is 6.05. The van der Waals surface area contributed by atoms with E-state index in [9.17, 15) is 18.0 Å². The van der Waals surface area contributed by atoms with Crippen LogP contribution in [0.15, 0.2) is 12.1 Å². The molecule has 2 aliphatic heterocycles. The highest BCUT2D eigenvalue weighted by Gasteiger charge is 2.41. The maximum Gasteiger partial charge on any atom is 0.249 e. The van der Waals surface area contributed by atoms with Gasteiger partial charge in [0.2, 0.25) is 11.9 Å². The fourth-order valence-corrected chi connectivity index (χ4v) is 4.65. The van der Waals surface area contributed by atoms with E-state index < -0.39 is 17.5 Å². The number of aromatic nitrogens is 2. The Hall–Kier alpha value is -3.08. The molecule has 1 aromatic carbocycles. The van der Waals surface area contributed by atoms with Crippen LogP contribution in [0.25, 0.3) is 0 Å². The van der Waals surface area contributed by atoms with Gasteiger partial charge in [0.15, 0.2) is 23.3 Å². The minimum absolute atomic E-state index is 0.00452. The molecule has 1 saturated carbocycles. The van der Waals surface area contributed by atoms with Gasteiger partial charge < -0.3 is 24.6 Å². The van der Waals surface area contributed by atoms with Crippen LogP contribution in [0.3, 0.4) is 0 Å². The number of aryl methyl sites for hydroxylation is 1. The van der Waals surface area contributed by atoms with Crippen LogP contribution >= 0.6 is 0 Å². The Morgan fingerprint density at radius 2 is 1.88 bits per heavy atom. The number of anilines is 3. The van der Waals surface area contributed by atoms with Crippen LogP contribution < -0.4 is 19.9 Å². The van der Waals surface area contributed by atoms with E-state index >= 15 is 0 Å². The number of fused-ring (bicyclic) bond motifs is 1. The number of rotatable bonds is 5. The van der Waals surface area contributed by atoms with Gasteiger partial charge >= 0.3 is 0 Å². The Morgan fingerprint density at radius 1 is 1.18 bits per heavy atom. The van der Waals surface area contributed by atoms with E-state index in [1.807, 2.05) is 25.8 Å². The molecule has 1 aromatic heterocycles. The smallest absolute Gasteiger partial charge is 0.249 e. The number of amides is 1. The molecular formula is C23H26F3N5O3. The minimum Gasteiger partial charge on any atom is -0.490 e. The van der Waals surface area contributed by atoms with E-state index in [0.29, 0.717) is 49.2 Å². The molecule has 0 bridgehead atoms. The second-order valence-corrected chi connectivity index (χ2v) is 9.07. The lowest BCUT2D eigenvalue weighted by atomic mass is 9.89. The lowest BCUT2D eigenvalue weighted by Gasteiger charge is -2.42. The molecule has 1 amide bonds. The number of carbonyl (C=O) groups is 1. The van der Waals surface area contributed by atoms with E-state index in [4.69, 9.17) is 14.5 Å². The van der Waals surface area contributed by atoms with Gasteiger partial charge in [0, 0.05) is 44.7 Å². The van der Waals surface area contributed by atoms with Gasteiger partial charge in [0.05, 0.1) is 18.3 Å². The fourth-order valence-electron chi connectivity index (χ4n) is 4.65. The SMILES string of the molecule is Cc1nc(N[C@H]2C[C@H](Oc3cc(F)c(F)c(F)c3)C2)nc2c1N(C1CCOC1)C(=O)[C@H](C)N2C. The monoisotopic (exact) mass is 477 g/mol. The maximum absolute atomic E-state index is 13.4. The number of likely N-dealkylation sites (N-methyl/N-ethyl adjacent to an activating group) is 1. The average molecular weight is 477 g/mol. The summed E-state index contributed by atoms with van der Waals surface area (Å²) >= 11 is 0. The first-order valence-corrected chi connectivity index (χ1v) is 11.3. The summed E-state index contributed by atoms with van der Waals surface area (Å²) in [4.78, 5) is 26.0. The van der Waals surface area contributed by atoms with Crippen LogP contribution in [0.1, 0.15) is 31.9 Å². The molecular weight excluding hydrogens is 451 g/mol. The topological polar surface area (TPSA) is 79.8 Å². The van der Waals surface area contributed by atoms with Gasteiger partial charge in [-0.05, 0) is 20.3 Å². The summed E-state index contributed by atoms with van der Waals surface area (Å²) in [5.74, 6) is -3.00. The number of benzene rings is 1. The molecule has 2 atom stereocenters. The number of halogens is 3. The van der Waals surface area contributed by atoms with Gasteiger partial charge in [0.25, 0.3) is 0 Å². The largest absolute Gasteiger partial charge is 0.490 e. The number of carbonyl (C=O) groups excluding carboxylic acids is 1. The highest BCUT2D eigenvalue weighted by Crippen LogP contribution is 2.39. The van der Waals surface area contributed by atoms with Crippen molar-refractivity contribution in [2.24, 2.45) is 0 Å². The zero-order chi connectivity index (χ0) is 24.1. The summed E-state index contributed by atoms with van der Waals surface area (Å²) in [5.41, 5.74) is 1.40. The van der Waals surface area contributed by atoms with Crippen LogP contribution in [0.5, 0.6) is 5.75 Å². The summed E-state index contributed by atoms with van der Waals surface area (Å²) in [5, 5.41) is 3.28. The van der Waals surface area contributed by atoms with Gasteiger partial charge in [-0.2, -0.15) is 4.98 Å². The third-order valence-electron chi connectivity index (χ3n) is 6.75. The van der Waals surface area contributed by atoms with Crippen LogP contribution in [-0.4, -0.2) is 60.4 Å². The zero-order valence-corrected chi connectivity index (χ0v) is 19.1. The van der Waals surface area contributed by atoms with Crippen LogP contribution in [-0.2, 0) is 9.53 Å². The molecule has 1 unspecified atom stereocenters. The van der Waals surface area contributed by atoms with E-state index in [0.717, 1.165) is 18.6 Å². The van der Waals surface area contributed by atoms with Crippen LogP contribution in [0.4, 0.5) is 30.6 Å². The molecule has 182 valence electrons. The van der Waals surface area contributed by atoms with Crippen molar-refractivity contribution in [3.05, 3.63) is 35.3 Å². The van der Waals surface area contributed by atoms with Gasteiger partial charge in [-0.3, -0.25) is 4.79 Å².